The number of rotatable bonds is 10. The lowest BCUT2D eigenvalue weighted by Crippen LogP contribution is -2.51. The van der Waals surface area contributed by atoms with Gasteiger partial charge in [-0.2, -0.15) is 13.2 Å². The highest BCUT2D eigenvalue weighted by Gasteiger charge is 2.33. The third-order valence-electron chi connectivity index (χ3n) is 4.56. The highest BCUT2D eigenvalue weighted by molar-refractivity contribution is 5.75. The summed E-state index contributed by atoms with van der Waals surface area (Å²) in [5.74, 6) is 0. The molecule has 0 saturated carbocycles. The Balaban J connectivity index is 0.00000529. The summed E-state index contributed by atoms with van der Waals surface area (Å²) in [4.78, 5) is 0. The largest absolute Gasteiger partial charge is 0.416 e. The van der Waals surface area contributed by atoms with Crippen molar-refractivity contribution in [2.45, 2.75) is 65.5 Å². The van der Waals surface area contributed by atoms with Crippen molar-refractivity contribution >= 4 is 23.0 Å². The van der Waals surface area contributed by atoms with Crippen molar-refractivity contribution in [3.63, 3.8) is 0 Å². The topological polar surface area (TPSA) is 0 Å². The first-order valence-corrected chi connectivity index (χ1v) is 8.93. The minimum atomic E-state index is -4.26. The molecule has 0 saturated heterocycles. The third kappa shape index (κ3) is 6.78. The van der Waals surface area contributed by atoms with Gasteiger partial charge in [0.25, 0.3) is 0 Å². The summed E-state index contributed by atoms with van der Waals surface area (Å²) < 4.78 is 39.3. The van der Waals surface area contributed by atoms with Crippen molar-refractivity contribution in [1.29, 1.82) is 0 Å². The third-order valence-corrected chi connectivity index (χ3v) is 4.56. The van der Waals surface area contributed by atoms with Crippen molar-refractivity contribution < 1.29 is 13.2 Å². The summed E-state index contributed by atoms with van der Waals surface area (Å²) in [6.45, 7) is 9.55. The van der Waals surface area contributed by atoms with E-state index in [4.69, 9.17) is 0 Å². The average Bonchev–Trinajstić information content (AvgIpc) is 2.54. The predicted molar refractivity (Wildman–Crippen MR) is 103 cm³/mol. The van der Waals surface area contributed by atoms with Crippen LogP contribution < -0.4 is 4.48 Å². The quantitative estimate of drug-likeness (QED) is 0.396. The van der Waals surface area contributed by atoms with E-state index in [1.54, 1.807) is 12.1 Å². The van der Waals surface area contributed by atoms with Gasteiger partial charge in [0.05, 0.1) is 25.2 Å². The Morgan fingerprint density at radius 3 is 1.42 bits per heavy atom. The normalized spacial score (nSPS) is 12.1. The van der Waals surface area contributed by atoms with Gasteiger partial charge in [0.2, 0.25) is 0 Å². The summed E-state index contributed by atoms with van der Waals surface area (Å²) in [5.41, 5.74) is 0.481. The molecule has 0 radical (unpaired) electrons. The van der Waals surface area contributed by atoms with E-state index in [9.17, 15) is 13.2 Å². The SMILES string of the molecule is CCCC[N+](CCCC)(CCCC)c1ccc(C(F)(F)F)cc1.[AlH3]. The van der Waals surface area contributed by atoms with Gasteiger partial charge in [0.1, 0.15) is 5.69 Å². The van der Waals surface area contributed by atoms with E-state index >= 15 is 0 Å². The molecule has 138 valence electrons. The Bertz CT molecular complexity index is 421. The first kappa shape index (κ1) is 23.5. The van der Waals surface area contributed by atoms with Gasteiger partial charge < -0.3 is 0 Å². The molecule has 0 aliphatic rings. The van der Waals surface area contributed by atoms with Gasteiger partial charge in [0, 0.05) is 0 Å². The van der Waals surface area contributed by atoms with Crippen LogP contribution in [0.15, 0.2) is 24.3 Å². The van der Waals surface area contributed by atoms with Crippen LogP contribution in [0.5, 0.6) is 0 Å². The van der Waals surface area contributed by atoms with Crippen LogP contribution in [0.25, 0.3) is 0 Å². The van der Waals surface area contributed by atoms with E-state index in [0.29, 0.717) is 0 Å². The summed E-state index contributed by atoms with van der Waals surface area (Å²) in [5, 5.41) is 0. The van der Waals surface area contributed by atoms with E-state index < -0.39 is 11.7 Å². The number of benzene rings is 1. The lowest BCUT2D eigenvalue weighted by atomic mass is 10.1. The van der Waals surface area contributed by atoms with Crippen LogP contribution in [-0.4, -0.2) is 37.0 Å². The van der Waals surface area contributed by atoms with Crippen molar-refractivity contribution in [3.05, 3.63) is 29.8 Å². The minimum Gasteiger partial charge on any atom is -0.291 e. The van der Waals surface area contributed by atoms with Crippen molar-refractivity contribution in [3.8, 4) is 0 Å². The number of hydrogen-bond acceptors (Lipinski definition) is 0. The molecule has 24 heavy (non-hydrogen) atoms. The molecule has 0 spiro atoms. The summed E-state index contributed by atoms with van der Waals surface area (Å²) >= 11 is 0. The number of quaternary nitrogens is 1. The molecule has 0 unspecified atom stereocenters. The zero-order valence-electron chi connectivity index (χ0n) is 14.8. The standard InChI is InChI=1S/C19H31F3N.Al.3H/c1-4-7-14-23(15-8-5-2,16-9-6-3)18-12-10-17(11-13-18)19(20,21)22;;;;/h10-13H,4-9,14-16H2,1-3H3;;;;/q+1;;;;. The molecule has 1 aromatic rings. The first-order valence-electron chi connectivity index (χ1n) is 8.93. The van der Waals surface area contributed by atoms with Crippen molar-refractivity contribution in [1.82, 2.24) is 4.48 Å². The molecule has 0 heterocycles. The molecular weight excluding hydrogens is 326 g/mol. The van der Waals surface area contributed by atoms with Gasteiger partial charge in [-0.3, -0.25) is 4.48 Å². The van der Waals surface area contributed by atoms with Gasteiger partial charge in [0.15, 0.2) is 17.4 Å². The second kappa shape index (κ2) is 11.2. The fraction of sp³-hybridized carbons (Fsp3) is 0.684. The lowest BCUT2D eigenvalue weighted by molar-refractivity contribution is -0.137. The van der Waals surface area contributed by atoms with Crippen LogP contribution in [0.4, 0.5) is 18.9 Å². The van der Waals surface area contributed by atoms with Gasteiger partial charge >= 0.3 is 6.18 Å². The van der Waals surface area contributed by atoms with Gasteiger partial charge in [-0.15, -0.1) is 0 Å². The van der Waals surface area contributed by atoms with E-state index in [0.717, 1.165) is 68.3 Å². The highest BCUT2D eigenvalue weighted by atomic mass is 27.0. The Labute approximate surface area is 156 Å². The molecule has 0 fully saturated rings. The Morgan fingerprint density at radius 2 is 1.12 bits per heavy atom. The van der Waals surface area contributed by atoms with E-state index in [1.807, 2.05) is 0 Å². The number of nitrogens with zero attached hydrogens (tertiary/aromatic N) is 1. The predicted octanol–water partition coefficient (Wildman–Crippen LogP) is 5.23. The maximum absolute atomic E-state index is 12.8. The van der Waals surface area contributed by atoms with Gasteiger partial charge in [-0.05, 0) is 43.5 Å². The molecule has 0 aromatic heterocycles. The molecule has 0 aliphatic heterocycles. The number of alkyl halides is 3. The number of hydrogen-bond donors (Lipinski definition) is 0. The average molecular weight is 360 g/mol. The summed E-state index contributed by atoms with van der Waals surface area (Å²) in [7, 11) is 0. The number of unbranched alkanes of at least 4 members (excludes halogenated alkanes) is 3. The first-order chi connectivity index (χ1) is 10.9. The highest BCUT2D eigenvalue weighted by Crippen LogP contribution is 2.33. The van der Waals surface area contributed by atoms with Crippen LogP contribution >= 0.6 is 0 Å². The van der Waals surface area contributed by atoms with Crippen molar-refractivity contribution in [2.75, 3.05) is 19.6 Å². The fourth-order valence-corrected chi connectivity index (χ4v) is 3.07. The van der Waals surface area contributed by atoms with Crippen LogP contribution in [0.3, 0.4) is 0 Å². The zero-order chi connectivity index (χ0) is 17.3. The van der Waals surface area contributed by atoms with Crippen LogP contribution in [0.2, 0.25) is 0 Å². The second-order valence-corrected chi connectivity index (χ2v) is 6.42. The summed E-state index contributed by atoms with van der Waals surface area (Å²) in [6, 6.07) is 5.88. The maximum Gasteiger partial charge on any atom is 0.416 e. The maximum atomic E-state index is 12.8. The lowest BCUT2D eigenvalue weighted by Gasteiger charge is -2.39. The molecule has 0 amide bonds. The molecule has 1 nitrogen and oxygen atoms in total. The van der Waals surface area contributed by atoms with Crippen molar-refractivity contribution in [2.24, 2.45) is 0 Å². The Hall–Kier alpha value is -0.498. The second-order valence-electron chi connectivity index (χ2n) is 6.42. The van der Waals surface area contributed by atoms with Gasteiger partial charge in [-0.25, -0.2) is 0 Å². The minimum absolute atomic E-state index is 0. The molecule has 0 N–H and O–H groups in total. The van der Waals surface area contributed by atoms with Crippen LogP contribution in [-0.2, 0) is 6.18 Å². The smallest absolute Gasteiger partial charge is 0.291 e. The molecule has 0 aliphatic carbocycles. The van der Waals surface area contributed by atoms with Crippen LogP contribution in [0, 0.1) is 0 Å². The van der Waals surface area contributed by atoms with Gasteiger partial charge in [-0.1, -0.05) is 40.0 Å². The monoisotopic (exact) mass is 360 g/mol. The fourth-order valence-electron chi connectivity index (χ4n) is 3.07. The van der Waals surface area contributed by atoms with E-state index in [2.05, 4.69) is 20.8 Å². The molecule has 0 atom stereocenters. The van der Waals surface area contributed by atoms with Crippen LogP contribution in [0.1, 0.15) is 64.9 Å². The molecular formula is C19H34AlF3N+. The Kier molecular flexibility index (Phi) is 11.0. The van der Waals surface area contributed by atoms with E-state index in [1.165, 1.54) is 12.1 Å². The molecule has 0 bridgehead atoms. The Morgan fingerprint density at radius 1 is 0.750 bits per heavy atom. The number of halogens is 3. The molecule has 1 aromatic carbocycles. The molecule has 1 rings (SSSR count). The summed E-state index contributed by atoms with van der Waals surface area (Å²) in [6.07, 6.45) is 2.39. The molecule has 5 heteroatoms. The zero-order valence-corrected chi connectivity index (χ0v) is 14.8. The van der Waals surface area contributed by atoms with E-state index in [-0.39, 0.29) is 17.4 Å².